The molecule has 0 spiro atoms. The smallest absolute Gasteiger partial charge is 0.203 e. The maximum absolute atomic E-state index is 11.4. The minimum atomic E-state index is -0.512. The number of carbonyl (C=O) groups is 1. The number of fused-ring (bicyclic) bond motifs is 1. The summed E-state index contributed by atoms with van der Waals surface area (Å²) in [6, 6.07) is 0. The number of hydrogen-bond acceptors (Lipinski definition) is 4. The van der Waals surface area contributed by atoms with Crippen LogP contribution in [-0.2, 0) is 14.3 Å². The van der Waals surface area contributed by atoms with E-state index in [1.807, 2.05) is 0 Å². The van der Waals surface area contributed by atoms with E-state index in [4.69, 9.17) is 14.6 Å². The molecule has 0 aromatic rings. The van der Waals surface area contributed by atoms with Crippen molar-refractivity contribution in [2.75, 3.05) is 6.61 Å². The summed E-state index contributed by atoms with van der Waals surface area (Å²) in [7, 11) is 0. The predicted molar refractivity (Wildman–Crippen MR) is 43.7 cm³/mol. The first-order chi connectivity index (χ1) is 6.31. The largest absolute Gasteiger partial charge is 0.486 e. The third kappa shape index (κ3) is 1.45. The van der Waals surface area contributed by atoms with Gasteiger partial charge in [-0.15, -0.1) is 0 Å². The molecule has 0 radical (unpaired) electrons. The van der Waals surface area contributed by atoms with Gasteiger partial charge in [0.2, 0.25) is 11.9 Å². The first kappa shape index (κ1) is 8.31. The number of aliphatic hydroxyl groups is 1. The Morgan fingerprint density at radius 3 is 3.15 bits per heavy atom. The van der Waals surface area contributed by atoms with Crippen molar-refractivity contribution in [2.45, 2.75) is 18.6 Å². The van der Waals surface area contributed by atoms with Gasteiger partial charge in [0.15, 0.2) is 6.10 Å². The summed E-state index contributed by atoms with van der Waals surface area (Å²) in [4.78, 5) is 11.4. The zero-order chi connectivity index (χ0) is 9.26. The van der Waals surface area contributed by atoms with E-state index >= 15 is 0 Å². The molecule has 2 atom stereocenters. The minimum Gasteiger partial charge on any atom is -0.486 e. The fourth-order valence-electron chi connectivity index (χ4n) is 1.41. The van der Waals surface area contributed by atoms with Gasteiger partial charge in [0.25, 0.3) is 0 Å². The molecule has 2 rings (SSSR count). The molecule has 0 aromatic carbocycles. The van der Waals surface area contributed by atoms with Crippen LogP contribution in [0.3, 0.4) is 0 Å². The lowest BCUT2D eigenvalue weighted by atomic mass is 10.1. The number of ether oxygens (including phenoxy) is 2. The van der Waals surface area contributed by atoms with Crippen molar-refractivity contribution in [3.63, 3.8) is 0 Å². The minimum absolute atomic E-state index is 0.0128. The Balaban J connectivity index is 2.13. The molecule has 0 amide bonds. The maximum atomic E-state index is 11.4. The quantitative estimate of drug-likeness (QED) is 0.659. The van der Waals surface area contributed by atoms with Crippen LogP contribution in [0.1, 0.15) is 6.42 Å². The fourth-order valence-corrected chi connectivity index (χ4v) is 1.41. The van der Waals surface area contributed by atoms with Crippen LogP contribution < -0.4 is 0 Å². The van der Waals surface area contributed by atoms with Crippen LogP contribution in [0.2, 0.25) is 0 Å². The van der Waals surface area contributed by atoms with E-state index in [0.29, 0.717) is 12.2 Å². The number of carbonyl (C=O) groups excluding carboxylic acids is 1. The summed E-state index contributed by atoms with van der Waals surface area (Å²) in [5.74, 6) is 0.439. The lowest BCUT2D eigenvalue weighted by Gasteiger charge is -2.24. The molecule has 0 aromatic heterocycles. The molecule has 2 unspecified atom stereocenters. The fraction of sp³-hybridized carbons (Fsp3) is 0.444. The van der Waals surface area contributed by atoms with E-state index < -0.39 is 6.10 Å². The molecular formula is C9H10O4. The van der Waals surface area contributed by atoms with Crippen molar-refractivity contribution < 1.29 is 19.4 Å². The monoisotopic (exact) mass is 182 g/mol. The molecule has 2 aliphatic rings. The molecule has 4 heteroatoms. The second-order valence-corrected chi connectivity index (χ2v) is 2.95. The average Bonchev–Trinajstić information content (AvgIpc) is 2.53. The van der Waals surface area contributed by atoms with Gasteiger partial charge >= 0.3 is 0 Å². The Labute approximate surface area is 75.5 Å². The van der Waals surface area contributed by atoms with Gasteiger partial charge in [0.05, 0.1) is 12.9 Å². The highest BCUT2D eigenvalue weighted by Gasteiger charge is 2.35. The highest BCUT2D eigenvalue weighted by molar-refractivity contribution is 5.95. The lowest BCUT2D eigenvalue weighted by molar-refractivity contribution is -0.128. The second kappa shape index (κ2) is 3.22. The van der Waals surface area contributed by atoms with E-state index in [-0.39, 0.29) is 18.5 Å². The van der Waals surface area contributed by atoms with Gasteiger partial charge in [0.1, 0.15) is 5.76 Å². The first-order valence-electron chi connectivity index (χ1n) is 4.15. The molecule has 2 heterocycles. The van der Waals surface area contributed by atoms with Crippen molar-refractivity contribution in [2.24, 2.45) is 0 Å². The topological polar surface area (TPSA) is 55.8 Å². The summed E-state index contributed by atoms with van der Waals surface area (Å²) in [6.07, 6.45) is 4.13. The molecule has 70 valence electrons. The molecule has 1 N–H and O–H groups in total. The van der Waals surface area contributed by atoms with Crippen molar-refractivity contribution in [3.8, 4) is 0 Å². The van der Waals surface area contributed by atoms with Gasteiger partial charge in [-0.25, -0.2) is 0 Å². The number of aliphatic hydroxyl groups excluding tert-OH is 1. The molecule has 0 saturated heterocycles. The molecule has 0 aliphatic carbocycles. The zero-order valence-electron chi connectivity index (χ0n) is 6.97. The third-order valence-electron chi connectivity index (χ3n) is 2.02. The lowest BCUT2D eigenvalue weighted by Crippen LogP contribution is -2.35. The van der Waals surface area contributed by atoms with Crippen LogP contribution in [0.25, 0.3) is 0 Å². The predicted octanol–water partition coefficient (Wildman–Crippen LogP) is 0.133. The van der Waals surface area contributed by atoms with Crippen molar-refractivity contribution in [1.82, 2.24) is 0 Å². The zero-order valence-corrected chi connectivity index (χ0v) is 6.97. The Bertz CT molecular complexity index is 279. The molecular weight excluding hydrogens is 172 g/mol. The molecule has 0 fully saturated rings. The van der Waals surface area contributed by atoms with Gasteiger partial charge < -0.3 is 14.6 Å². The van der Waals surface area contributed by atoms with Crippen molar-refractivity contribution in [1.29, 1.82) is 0 Å². The highest BCUT2D eigenvalue weighted by atomic mass is 16.6. The van der Waals surface area contributed by atoms with Crippen LogP contribution in [0.15, 0.2) is 24.2 Å². The maximum Gasteiger partial charge on any atom is 0.203 e. The van der Waals surface area contributed by atoms with Crippen LogP contribution in [0.5, 0.6) is 0 Å². The molecule has 13 heavy (non-hydrogen) atoms. The average molecular weight is 182 g/mol. The van der Waals surface area contributed by atoms with E-state index in [0.717, 1.165) is 0 Å². The number of rotatable bonds is 2. The number of ketones is 1. The Morgan fingerprint density at radius 2 is 2.38 bits per heavy atom. The van der Waals surface area contributed by atoms with Crippen molar-refractivity contribution >= 4 is 5.78 Å². The second-order valence-electron chi connectivity index (χ2n) is 2.95. The summed E-state index contributed by atoms with van der Waals surface area (Å²) in [5, 5.41) is 8.66. The Kier molecular flexibility index (Phi) is 2.06. The first-order valence-corrected chi connectivity index (χ1v) is 4.15. The Hall–Kier alpha value is -1.29. The number of hydrogen-bond donors (Lipinski definition) is 1. The van der Waals surface area contributed by atoms with Gasteiger partial charge in [-0.2, -0.15) is 0 Å². The summed E-state index contributed by atoms with van der Waals surface area (Å²) >= 11 is 0. The van der Waals surface area contributed by atoms with Gasteiger partial charge in [0, 0.05) is 12.5 Å². The Morgan fingerprint density at radius 1 is 1.54 bits per heavy atom. The van der Waals surface area contributed by atoms with Crippen LogP contribution in [0.4, 0.5) is 0 Å². The highest BCUT2D eigenvalue weighted by Crippen LogP contribution is 2.24. The van der Waals surface area contributed by atoms with Crippen LogP contribution >= 0.6 is 0 Å². The molecule has 0 saturated carbocycles. The standard InChI is InChI=1S/C9H10O4/c10-3-1-6-5-7(11)9-8(13-6)2-4-12-9/h2,4-5,8-10H,1,3H2. The van der Waals surface area contributed by atoms with Crippen molar-refractivity contribution in [3.05, 3.63) is 24.2 Å². The van der Waals surface area contributed by atoms with Gasteiger partial charge in [-0.1, -0.05) is 0 Å². The van der Waals surface area contributed by atoms with Gasteiger partial charge in [-0.3, -0.25) is 4.79 Å². The third-order valence-corrected chi connectivity index (χ3v) is 2.02. The summed E-state index contributed by atoms with van der Waals surface area (Å²) in [6.45, 7) is -0.0128. The van der Waals surface area contributed by atoms with Crippen LogP contribution in [0, 0.1) is 0 Å². The molecule has 0 bridgehead atoms. The van der Waals surface area contributed by atoms with E-state index in [1.54, 1.807) is 6.08 Å². The summed E-state index contributed by atoms with van der Waals surface area (Å²) in [5.41, 5.74) is 0. The van der Waals surface area contributed by atoms with Gasteiger partial charge in [-0.05, 0) is 6.08 Å². The van der Waals surface area contributed by atoms with Crippen LogP contribution in [-0.4, -0.2) is 29.7 Å². The van der Waals surface area contributed by atoms with E-state index in [2.05, 4.69) is 0 Å². The normalized spacial score (nSPS) is 30.5. The molecule has 2 aliphatic heterocycles. The van der Waals surface area contributed by atoms with E-state index in [1.165, 1.54) is 12.3 Å². The SMILES string of the molecule is O=C1C=C(CCO)OC2C=COC12. The summed E-state index contributed by atoms with van der Waals surface area (Å²) < 4.78 is 10.4. The van der Waals surface area contributed by atoms with E-state index in [9.17, 15) is 4.79 Å². The molecule has 4 nitrogen and oxygen atoms in total.